The van der Waals surface area contributed by atoms with E-state index in [1.54, 1.807) is 0 Å². The van der Waals surface area contributed by atoms with Gasteiger partial charge in [-0.3, -0.25) is 4.99 Å². The lowest BCUT2D eigenvalue weighted by Gasteiger charge is -2.38. The topological polar surface area (TPSA) is 36.9 Å². The third-order valence-corrected chi connectivity index (χ3v) is 7.01. The molecule has 24 heavy (non-hydrogen) atoms. The van der Waals surface area contributed by atoms with Gasteiger partial charge in [0.25, 0.3) is 0 Å². The molecule has 6 heteroatoms. The number of methoxy groups -OCH3 is 1. The van der Waals surface area contributed by atoms with Crippen molar-refractivity contribution in [2.24, 2.45) is 16.3 Å². The summed E-state index contributed by atoms with van der Waals surface area (Å²) in [5.74, 6) is 3.03. The van der Waals surface area contributed by atoms with Crippen LogP contribution >= 0.6 is 35.7 Å². The maximum atomic E-state index is 5.35. The van der Waals surface area contributed by atoms with Crippen molar-refractivity contribution in [1.82, 2.24) is 10.2 Å². The van der Waals surface area contributed by atoms with Crippen molar-refractivity contribution in [2.45, 2.75) is 51.2 Å². The van der Waals surface area contributed by atoms with Crippen LogP contribution in [0.5, 0.6) is 0 Å². The lowest BCUT2D eigenvalue weighted by Crippen LogP contribution is -2.51. The fraction of sp³-hybridized carbons (Fsp3) is 0.944. The Labute approximate surface area is 170 Å². The van der Waals surface area contributed by atoms with E-state index in [1.165, 1.54) is 31.4 Å². The molecule has 1 N–H and O–H groups in total. The number of thioether (sulfide) groups is 1. The van der Waals surface area contributed by atoms with Crippen LogP contribution in [0.3, 0.4) is 0 Å². The molecule has 1 saturated heterocycles. The second kappa shape index (κ2) is 11.1. The van der Waals surface area contributed by atoms with Crippen molar-refractivity contribution in [3.8, 4) is 0 Å². The van der Waals surface area contributed by atoms with E-state index in [0.29, 0.717) is 5.41 Å². The van der Waals surface area contributed by atoms with Gasteiger partial charge in [0.1, 0.15) is 0 Å². The maximum absolute atomic E-state index is 5.35. The average molecular weight is 469 g/mol. The van der Waals surface area contributed by atoms with Crippen molar-refractivity contribution in [3.63, 3.8) is 0 Å². The molecule has 1 saturated carbocycles. The minimum atomic E-state index is 0. The number of hydrogen-bond donors (Lipinski definition) is 1. The van der Waals surface area contributed by atoms with Gasteiger partial charge in [-0.25, -0.2) is 0 Å². The molecule has 0 amide bonds. The van der Waals surface area contributed by atoms with Crippen LogP contribution in [-0.4, -0.2) is 62.3 Å². The number of nitrogens with zero attached hydrogens (tertiary/aromatic N) is 2. The molecule has 1 unspecified atom stereocenters. The highest BCUT2D eigenvalue weighted by atomic mass is 127. The van der Waals surface area contributed by atoms with Crippen LogP contribution < -0.4 is 5.32 Å². The average Bonchev–Trinajstić information content (AvgIpc) is 3.03. The van der Waals surface area contributed by atoms with Gasteiger partial charge in [0.15, 0.2) is 5.96 Å². The Morgan fingerprint density at radius 3 is 2.67 bits per heavy atom. The van der Waals surface area contributed by atoms with Crippen molar-refractivity contribution in [3.05, 3.63) is 0 Å². The third kappa shape index (κ3) is 6.24. The number of halogens is 1. The van der Waals surface area contributed by atoms with Crippen LogP contribution in [-0.2, 0) is 4.74 Å². The third-order valence-electron chi connectivity index (χ3n) is 5.47. The number of rotatable bonds is 6. The van der Waals surface area contributed by atoms with Crippen LogP contribution in [0.4, 0.5) is 0 Å². The van der Waals surface area contributed by atoms with Crippen molar-refractivity contribution in [1.29, 1.82) is 0 Å². The largest absolute Gasteiger partial charge is 0.385 e. The highest BCUT2D eigenvalue weighted by molar-refractivity contribution is 14.0. The first-order valence-electron chi connectivity index (χ1n) is 9.16. The summed E-state index contributed by atoms with van der Waals surface area (Å²) in [6.45, 7) is 8.80. The van der Waals surface area contributed by atoms with E-state index in [0.717, 1.165) is 49.8 Å². The van der Waals surface area contributed by atoms with Crippen molar-refractivity contribution >= 4 is 41.7 Å². The van der Waals surface area contributed by atoms with E-state index in [2.05, 4.69) is 40.8 Å². The van der Waals surface area contributed by atoms with Gasteiger partial charge in [0.2, 0.25) is 0 Å². The van der Waals surface area contributed by atoms with E-state index >= 15 is 0 Å². The zero-order valence-electron chi connectivity index (χ0n) is 15.8. The van der Waals surface area contributed by atoms with Crippen LogP contribution in [0, 0.1) is 11.3 Å². The van der Waals surface area contributed by atoms with Gasteiger partial charge in [0, 0.05) is 51.4 Å². The molecule has 4 nitrogen and oxygen atoms in total. The molecule has 0 spiro atoms. The molecule has 0 radical (unpaired) electrons. The summed E-state index contributed by atoms with van der Waals surface area (Å²) in [6, 6.07) is 0. The van der Waals surface area contributed by atoms with E-state index in [-0.39, 0.29) is 24.0 Å². The Morgan fingerprint density at radius 2 is 2.08 bits per heavy atom. The Balaban J connectivity index is 0.00000288. The Bertz CT molecular complexity index is 386. The zero-order chi connectivity index (χ0) is 16.7. The smallest absolute Gasteiger partial charge is 0.193 e. The molecule has 1 aliphatic heterocycles. The molecular weight excluding hydrogens is 433 g/mol. The molecular formula is C18H36IN3OS. The molecule has 142 valence electrons. The van der Waals surface area contributed by atoms with Gasteiger partial charge in [0.05, 0.1) is 0 Å². The number of ether oxygens (including phenoxy) is 1. The lowest BCUT2D eigenvalue weighted by atomic mass is 9.83. The summed E-state index contributed by atoms with van der Waals surface area (Å²) in [7, 11) is 3.73. The molecule has 2 aliphatic rings. The van der Waals surface area contributed by atoms with Gasteiger partial charge >= 0.3 is 0 Å². The van der Waals surface area contributed by atoms with Crippen molar-refractivity contribution < 1.29 is 4.74 Å². The first-order chi connectivity index (χ1) is 11.1. The minimum absolute atomic E-state index is 0. The summed E-state index contributed by atoms with van der Waals surface area (Å²) < 4.78 is 5.35. The van der Waals surface area contributed by atoms with Gasteiger partial charge in [-0.15, -0.1) is 24.0 Å². The van der Waals surface area contributed by atoms with Crippen LogP contribution in [0.15, 0.2) is 4.99 Å². The summed E-state index contributed by atoms with van der Waals surface area (Å²) in [5, 5.41) is 4.42. The molecule has 0 bridgehead atoms. The SMILES string of the molecule is CN=C(NCC1(CCOC)CCCC1)N1CCSC(C(C)C)C1.I. The van der Waals surface area contributed by atoms with Gasteiger partial charge in [-0.2, -0.15) is 11.8 Å². The summed E-state index contributed by atoms with van der Waals surface area (Å²) in [4.78, 5) is 7.03. The van der Waals surface area contributed by atoms with E-state index in [4.69, 9.17) is 4.74 Å². The second-order valence-corrected chi connectivity index (χ2v) is 8.80. The van der Waals surface area contributed by atoms with Gasteiger partial charge < -0.3 is 15.0 Å². The summed E-state index contributed by atoms with van der Waals surface area (Å²) in [5.41, 5.74) is 0.411. The highest BCUT2D eigenvalue weighted by Gasteiger charge is 2.34. The molecule has 0 aromatic carbocycles. The van der Waals surface area contributed by atoms with Gasteiger partial charge in [-0.05, 0) is 30.6 Å². The fourth-order valence-electron chi connectivity index (χ4n) is 3.83. The maximum Gasteiger partial charge on any atom is 0.193 e. The lowest BCUT2D eigenvalue weighted by molar-refractivity contribution is 0.137. The normalized spacial score (nSPS) is 24.1. The zero-order valence-corrected chi connectivity index (χ0v) is 19.0. The number of aliphatic imine (C=N–C) groups is 1. The monoisotopic (exact) mass is 469 g/mol. The molecule has 1 aliphatic carbocycles. The van der Waals surface area contributed by atoms with Gasteiger partial charge in [-0.1, -0.05) is 26.7 Å². The highest BCUT2D eigenvalue weighted by Crippen LogP contribution is 2.40. The first-order valence-corrected chi connectivity index (χ1v) is 10.2. The van der Waals surface area contributed by atoms with Crippen LogP contribution in [0.2, 0.25) is 0 Å². The molecule has 2 fully saturated rings. The number of guanidine groups is 1. The Morgan fingerprint density at radius 1 is 1.38 bits per heavy atom. The quantitative estimate of drug-likeness (QED) is 0.364. The second-order valence-electron chi connectivity index (χ2n) is 7.45. The fourth-order valence-corrected chi connectivity index (χ4v) is 5.13. The molecule has 1 heterocycles. The van der Waals surface area contributed by atoms with E-state index in [9.17, 15) is 0 Å². The predicted molar refractivity (Wildman–Crippen MR) is 117 cm³/mol. The number of hydrogen-bond acceptors (Lipinski definition) is 3. The number of nitrogens with one attached hydrogen (secondary N) is 1. The molecule has 0 aromatic rings. The van der Waals surface area contributed by atoms with Crippen LogP contribution in [0.1, 0.15) is 46.0 Å². The summed E-state index contributed by atoms with van der Waals surface area (Å²) in [6.07, 6.45) is 6.53. The van der Waals surface area contributed by atoms with Crippen molar-refractivity contribution in [2.75, 3.05) is 46.2 Å². The Hall–Kier alpha value is 0.310. The standard InChI is InChI=1S/C18H35N3OS.HI/c1-15(2)16-13-21(10-12-23-16)17(19-3)20-14-18(9-11-22-4)7-5-6-8-18;/h15-16H,5-14H2,1-4H3,(H,19,20);1H. The molecule has 1 atom stereocenters. The first kappa shape index (κ1) is 22.4. The summed E-state index contributed by atoms with van der Waals surface area (Å²) >= 11 is 2.12. The van der Waals surface area contributed by atoms with Crippen LogP contribution in [0.25, 0.3) is 0 Å². The molecule has 2 rings (SSSR count). The molecule has 0 aromatic heterocycles. The predicted octanol–water partition coefficient (Wildman–Crippen LogP) is 3.85. The Kier molecular flexibility index (Phi) is 10.4. The van der Waals surface area contributed by atoms with E-state index < -0.39 is 0 Å². The minimum Gasteiger partial charge on any atom is -0.385 e. The van der Waals surface area contributed by atoms with E-state index in [1.807, 2.05) is 14.2 Å².